The SMILES string of the molecule is CNCC(=O)[O-].CNCCO.[Na+]. The van der Waals surface area contributed by atoms with Crippen molar-refractivity contribution in [1.82, 2.24) is 10.6 Å². The van der Waals surface area contributed by atoms with Gasteiger partial charge in [0.2, 0.25) is 0 Å². The summed E-state index contributed by atoms with van der Waals surface area (Å²) in [7, 11) is 3.35. The van der Waals surface area contributed by atoms with Crippen LogP contribution in [0, 0.1) is 0 Å². The molecule has 12 heavy (non-hydrogen) atoms. The molecule has 0 aliphatic heterocycles. The Morgan fingerprint density at radius 3 is 1.92 bits per heavy atom. The number of aliphatic hydroxyl groups excluding tert-OH is 1. The smallest absolute Gasteiger partial charge is 0.549 e. The standard InChI is InChI=1S/C3H7NO2.C3H9NO.Na/c1-4-2-3(5)6;1-4-2-3-5;/h4H,2H2,1H3,(H,5,6);4-5H,2-3H2,1H3;/q;;+1/p-1. The summed E-state index contributed by atoms with van der Waals surface area (Å²) in [6.07, 6.45) is 0. The van der Waals surface area contributed by atoms with E-state index in [2.05, 4.69) is 10.6 Å². The van der Waals surface area contributed by atoms with Crippen LogP contribution in [0.15, 0.2) is 0 Å². The van der Waals surface area contributed by atoms with Crippen LogP contribution in [0.25, 0.3) is 0 Å². The number of hydrogen-bond donors (Lipinski definition) is 3. The van der Waals surface area contributed by atoms with E-state index in [-0.39, 0.29) is 42.7 Å². The van der Waals surface area contributed by atoms with Gasteiger partial charge in [-0.25, -0.2) is 0 Å². The summed E-state index contributed by atoms with van der Waals surface area (Å²) in [5.74, 6) is -1.07. The van der Waals surface area contributed by atoms with E-state index in [0.717, 1.165) is 0 Å². The molecule has 0 aromatic carbocycles. The zero-order valence-corrected chi connectivity index (χ0v) is 9.89. The van der Waals surface area contributed by atoms with E-state index < -0.39 is 5.97 Å². The zero-order valence-electron chi connectivity index (χ0n) is 7.89. The van der Waals surface area contributed by atoms with Crippen molar-refractivity contribution in [2.45, 2.75) is 0 Å². The largest absolute Gasteiger partial charge is 1.00 e. The number of carbonyl (C=O) groups is 1. The fraction of sp³-hybridized carbons (Fsp3) is 0.833. The molecule has 0 radical (unpaired) electrons. The maximum atomic E-state index is 9.43. The minimum atomic E-state index is -1.07. The fourth-order valence-corrected chi connectivity index (χ4v) is 0.256. The summed E-state index contributed by atoms with van der Waals surface area (Å²) in [5.41, 5.74) is 0. The van der Waals surface area contributed by atoms with E-state index in [1.54, 1.807) is 14.1 Å². The zero-order chi connectivity index (χ0) is 9.11. The van der Waals surface area contributed by atoms with Crippen LogP contribution in [0.3, 0.4) is 0 Å². The van der Waals surface area contributed by atoms with E-state index in [4.69, 9.17) is 5.11 Å². The van der Waals surface area contributed by atoms with Crippen LogP contribution in [-0.2, 0) is 4.79 Å². The number of nitrogens with one attached hydrogen (secondary N) is 2. The average molecular weight is 186 g/mol. The van der Waals surface area contributed by atoms with Crippen LogP contribution in [0.5, 0.6) is 0 Å². The van der Waals surface area contributed by atoms with E-state index in [1.165, 1.54) is 0 Å². The Kier molecular flexibility index (Phi) is 26.4. The van der Waals surface area contributed by atoms with Gasteiger partial charge in [-0.3, -0.25) is 0 Å². The van der Waals surface area contributed by atoms with E-state index >= 15 is 0 Å². The normalized spacial score (nSPS) is 7.58. The first-order chi connectivity index (χ1) is 5.18. The molecular weight excluding hydrogens is 171 g/mol. The molecule has 6 heteroatoms. The molecule has 0 unspecified atom stereocenters. The van der Waals surface area contributed by atoms with Gasteiger partial charge in [-0.05, 0) is 14.1 Å². The molecule has 0 atom stereocenters. The van der Waals surface area contributed by atoms with E-state index in [1.807, 2.05) is 0 Å². The molecule has 3 N–H and O–H groups in total. The van der Waals surface area contributed by atoms with Crippen molar-refractivity contribution >= 4 is 5.97 Å². The molecule has 0 aliphatic carbocycles. The number of hydrogen-bond acceptors (Lipinski definition) is 5. The predicted octanol–water partition coefficient (Wildman–Crippen LogP) is -5.84. The molecule has 0 aromatic heterocycles. The van der Waals surface area contributed by atoms with Crippen molar-refractivity contribution in [2.24, 2.45) is 0 Å². The summed E-state index contributed by atoms with van der Waals surface area (Å²) in [5, 5.41) is 22.6. The Morgan fingerprint density at radius 1 is 1.42 bits per heavy atom. The van der Waals surface area contributed by atoms with Crippen LogP contribution in [0.2, 0.25) is 0 Å². The van der Waals surface area contributed by atoms with Crippen LogP contribution in [-0.4, -0.2) is 44.9 Å². The third-order valence-electron chi connectivity index (χ3n) is 0.683. The third kappa shape index (κ3) is 31.6. The number of aliphatic carboxylic acids is 1. The number of carboxylic acids is 1. The van der Waals surface area contributed by atoms with Gasteiger partial charge in [0.05, 0.1) is 12.6 Å². The van der Waals surface area contributed by atoms with Crippen LogP contribution in [0.4, 0.5) is 0 Å². The van der Waals surface area contributed by atoms with E-state index in [9.17, 15) is 9.90 Å². The molecule has 0 saturated heterocycles. The van der Waals surface area contributed by atoms with Crippen molar-refractivity contribution < 1.29 is 44.6 Å². The molecule has 5 nitrogen and oxygen atoms in total. The molecule has 0 fully saturated rings. The first-order valence-corrected chi connectivity index (χ1v) is 3.29. The minimum Gasteiger partial charge on any atom is -0.549 e. The number of aliphatic hydroxyl groups is 1. The number of likely N-dealkylation sites (N-methyl/N-ethyl adjacent to an activating group) is 2. The van der Waals surface area contributed by atoms with Crippen LogP contribution in [0.1, 0.15) is 0 Å². The summed E-state index contributed by atoms with van der Waals surface area (Å²) in [4.78, 5) is 9.43. The van der Waals surface area contributed by atoms with Crippen LogP contribution >= 0.6 is 0 Å². The monoisotopic (exact) mass is 186 g/mol. The maximum absolute atomic E-state index is 9.43. The fourth-order valence-electron chi connectivity index (χ4n) is 0.256. The second kappa shape index (κ2) is 17.4. The molecule has 0 heterocycles. The molecule has 0 spiro atoms. The summed E-state index contributed by atoms with van der Waals surface area (Å²) < 4.78 is 0. The third-order valence-corrected chi connectivity index (χ3v) is 0.683. The topological polar surface area (TPSA) is 84.4 Å². The molecular formula is C6H15N2NaO3. The average Bonchev–Trinajstić information content (AvgIpc) is 1.90. The van der Waals surface area contributed by atoms with Crippen molar-refractivity contribution in [3.63, 3.8) is 0 Å². The van der Waals surface area contributed by atoms with E-state index in [0.29, 0.717) is 6.54 Å². The number of carboxylic acid groups (broad SMARTS) is 1. The van der Waals surface area contributed by atoms with Gasteiger partial charge in [-0.15, -0.1) is 0 Å². The Bertz CT molecular complexity index is 90.9. The van der Waals surface area contributed by atoms with Crippen molar-refractivity contribution in [3.8, 4) is 0 Å². The molecule has 0 aliphatic rings. The first kappa shape index (κ1) is 18.2. The Morgan fingerprint density at radius 2 is 1.92 bits per heavy atom. The molecule has 0 saturated carbocycles. The maximum Gasteiger partial charge on any atom is 1.00 e. The van der Waals surface area contributed by atoms with Crippen molar-refractivity contribution in [1.29, 1.82) is 0 Å². The second-order valence-corrected chi connectivity index (χ2v) is 1.73. The van der Waals surface area contributed by atoms with Gasteiger partial charge in [0.1, 0.15) is 0 Å². The Balaban J connectivity index is -0.000000126. The second-order valence-electron chi connectivity index (χ2n) is 1.73. The summed E-state index contributed by atoms with van der Waals surface area (Å²) in [6.45, 7) is 0.858. The molecule has 0 aromatic rings. The summed E-state index contributed by atoms with van der Waals surface area (Å²) >= 11 is 0. The molecule has 0 rings (SSSR count). The molecule has 0 bridgehead atoms. The van der Waals surface area contributed by atoms with Gasteiger partial charge in [0, 0.05) is 13.1 Å². The van der Waals surface area contributed by atoms with Crippen molar-refractivity contribution in [2.75, 3.05) is 33.8 Å². The van der Waals surface area contributed by atoms with Gasteiger partial charge in [0.25, 0.3) is 0 Å². The van der Waals surface area contributed by atoms with Gasteiger partial charge < -0.3 is 25.6 Å². The van der Waals surface area contributed by atoms with Gasteiger partial charge in [-0.1, -0.05) is 0 Å². The number of rotatable bonds is 4. The van der Waals surface area contributed by atoms with Gasteiger partial charge in [0.15, 0.2) is 0 Å². The molecule has 0 amide bonds. The summed E-state index contributed by atoms with van der Waals surface area (Å²) in [6, 6.07) is 0. The predicted molar refractivity (Wildman–Crippen MR) is 39.9 cm³/mol. The Hall–Kier alpha value is 0.350. The quantitative estimate of drug-likeness (QED) is 0.381. The molecule has 68 valence electrons. The van der Waals surface area contributed by atoms with Crippen molar-refractivity contribution in [3.05, 3.63) is 0 Å². The first-order valence-electron chi connectivity index (χ1n) is 3.29. The van der Waals surface area contributed by atoms with Gasteiger partial charge in [-0.2, -0.15) is 0 Å². The van der Waals surface area contributed by atoms with Crippen LogP contribution < -0.4 is 45.3 Å². The van der Waals surface area contributed by atoms with Gasteiger partial charge >= 0.3 is 29.6 Å². The minimum absolute atomic E-state index is 0. The number of carbonyl (C=O) groups excluding carboxylic acids is 1. The Labute approximate surface area is 94.8 Å².